The van der Waals surface area contributed by atoms with E-state index in [0.717, 1.165) is 6.54 Å². The summed E-state index contributed by atoms with van der Waals surface area (Å²) in [4.78, 5) is 12.6. The summed E-state index contributed by atoms with van der Waals surface area (Å²) in [6.45, 7) is 7.00. The van der Waals surface area contributed by atoms with Gasteiger partial charge in [0.25, 0.3) is 0 Å². The van der Waals surface area contributed by atoms with Gasteiger partial charge < -0.3 is 9.84 Å². The van der Waals surface area contributed by atoms with E-state index in [1.165, 1.54) is 0 Å². The smallest absolute Gasteiger partial charge is 0.304 e. The van der Waals surface area contributed by atoms with Gasteiger partial charge in [-0.2, -0.15) is 0 Å². The molecule has 0 unspecified atom stereocenters. The SMILES string of the molecule is CC1(C)COCCN1CCC(=O)O. The molecule has 0 aliphatic carbocycles. The van der Waals surface area contributed by atoms with Crippen molar-refractivity contribution in [3.05, 3.63) is 0 Å². The highest BCUT2D eigenvalue weighted by Gasteiger charge is 2.30. The zero-order chi connectivity index (χ0) is 9.90. The molecule has 0 saturated carbocycles. The third kappa shape index (κ3) is 2.97. The van der Waals surface area contributed by atoms with E-state index >= 15 is 0 Å². The van der Waals surface area contributed by atoms with Gasteiger partial charge in [0.2, 0.25) is 0 Å². The molecule has 4 nitrogen and oxygen atoms in total. The minimum atomic E-state index is -0.734. The van der Waals surface area contributed by atoms with Gasteiger partial charge in [-0.3, -0.25) is 9.69 Å². The fourth-order valence-corrected chi connectivity index (χ4v) is 1.54. The first-order valence-corrected chi connectivity index (χ1v) is 4.57. The molecule has 1 aliphatic heterocycles. The lowest BCUT2D eigenvalue weighted by Crippen LogP contribution is -2.53. The molecular weight excluding hydrogens is 170 g/mol. The highest BCUT2D eigenvalue weighted by atomic mass is 16.5. The van der Waals surface area contributed by atoms with Crippen molar-refractivity contribution in [1.82, 2.24) is 4.90 Å². The molecule has 1 fully saturated rings. The maximum Gasteiger partial charge on any atom is 0.304 e. The molecule has 1 rings (SSSR count). The van der Waals surface area contributed by atoms with Gasteiger partial charge in [0, 0.05) is 18.6 Å². The van der Waals surface area contributed by atoms with Gasteiger partial charge in [-0.1, -0.05) is 0 Å². The molecule has 0 atom stereocenters. The molecule has 0 aromatic rings. The topological polar surface area (TPSA) is 49.8 Å². The number of hydrogen-bond acceptors (Lipinski definition) is 3. The maximum absolute atomic E-state index is 10.4. The van der Waals surface area contributed by atoms with Gasteiger partial charge in [-0.15, -0.1) is 0 Å². The summed E-state index contributed by atoms with van der Waals surface area (Å²) < 4.78 is 5.33. The molecular formula is C9H17NO3. The fraction of sp³-hybridized carbons (Fsp3) is 0.889. The van der Waals surface area contributed by atoms with E-state index in [1.807, 2.05) is 0 Å². The predicted octanol–water partition coefficient (Wildman–Crippen LogP) is 0.572. The van der Waals surface area contributed by atoms with E-state index in [4.69, 9.17) is 9.84 Å². The van der Waals surface area contributed by atoms with E-state index in [-0.39, 0.29) is 12.0 Å². The minimum absolute atomic E-state index is 0.0201. The molecule has 13 heavy (non-hydrogen) atoms. The lowest BCUT2D eigenvalue weighted by molar-refractivity contribution is -0.138. The summed E-state index contributed by atoms with van der Waals surface area (Å²) in [6.07, 6.45) is 0.212. The lowest BCUT2D eigenvalue weighted by Gasteiger charge is -2.41. The van der Waals surface area contributed by atoms with E-state index in [2.05, 4.69) is 18.7 Å². The second-order valence-corrected chi connectivity index (χ2v) is 4.00. The van der Waals surface area contributed by atoms with E-state index in [9.17, 15) is 4.79 Å². The molecule has 0 aromatic carbocycles. The molecule has 0 radical (unpaired) electrons. The van der Waals surface area contributed by atoms with Gasteiger partial charge in [-0.05, 0) is 13.8 Å². The number of morpholine rings is 1. The standard InChI is InChI=1S/C9H17NO3/c1-9(2)7-13-6-5-10(9)4-3-8(11)12/h3-7H2,1-2H3,(H,11,12). The van der Waals surface area contributed by atoms with Crippen LogP contribution >= 0.6 is 0 Å². The van der Waals surface area contributed by atoms with Gasteiger partial charge in [0.15, 0.2) is 0 Å². The number of nitrogens with zero attached hydrogens (tertiary/aromatic N) is 1. The van der Waals surface area contributed by atoms with Crippen LogP contribution in [0.15, 0.2) is 0 Å². The highest BCUT2D eigenvalue weighted by molar-refractivity contribution is 5.66. The van der Waals surface area contributed by atoms with Crippen LogP contribution in [0.5, 0.6) is 0 Å². The number of aliphatic carboxylic acids is 1. The minimum Gasteiger partial charge on any atom is -0.481 e. The van der Waals surface area contributed by atoms with Crippen molar-refractivity contribution >= 4 is 5.97 Å². The molecule has 0 bridgehead atoms. The van der Waals surface area contributed by atoms with Crippen LogP contribution in [-0.4, -0.2) is 47.8 Å². The number of carboxylic acids is 1. The number of hydrogen-bond donors (Lipinski definition) is 1. The van der Waals surface area contributed by atoms with E-state index < -0.39 is 5.97 Å². The molecule has 76 valence electrons. The summed E-state index contributed by atoms with van der Waals surface area (Å²) in [5.41, 5.74) is -0.0201. The van der Waals surface area contributed by atoms with Crippen molar-refractivity contribution in [2.24, 2.45) is 0 Å². The van der Waals surface area contributed by atoms with Crippen molar-refractivity contribution in [1.29, 1.82) is 0 Å². The van der Waals surface area contributed by atoms with Crippen molar-refractivity contribution in [2.75, 3.05) is 26.3 Å². The monoisotopic (exact) mass is 187 g/mol. The van der Waals surface area contributed by atoms with Crippen molar-refractivity contribution < 1.29 is 14.6 Å². The first kappa shape index (κ1) is 10.5. The second kappa shape index (κ2) is 4.07. The second-order valence-electron chi connectivity index (χ2n) is 4.00. The third-order valence-electron chi connectivity index (χ3n) is 2.41. The van der Waals surface area contributed by atoms with Crippen LogP contribution in [0.25, 0.3) is 0 Å². The number of ether oxygens (including phenoxy) is 1. The largest absolute Gasteiger partial charge is 0.481 e. The number of carboxylic acid groups (broad SMARTS) is 1. The van der Waals surface area contributed by atoms with Crippen LogP contribution in [0.4, 0.5) is 0 Å². The summed E-state index contributed by atoms with van der Waals surface area (Å²) in [5, 5.41) is 8.56. The van der Waals surface area contributed by atoms with Gasteiger partial charge in [-0.25, -0.2) is 0 Å². The molecule has 0 spiro atoms. The Morgan fingerprint density at radius 2 is 2.31 bits per heavy atom. The van der Waals surface area contributed by atoms with Gasteiger partial charge in [0.1, 0.15) is 0 Å². The maximum atomic E-state index is 10.4. The Bertz CT molecular complexity index is 191. The quantitative estimate of drug-likeness (QED) is 0.702. The lowest BCUT2D eigenvalue weighted by atomic mass is 10.0. The van der Waals surface area contributed by atoms with Crippen LogP contribution in [0.3, 0.4) is 0 Å². The van der Waals surface area contributed by atoms with Crippen molar-refractivity contribution in [3.8, 4) is 0 Å². The van der Waals surface area contributed by atoms with Crippen LogP contribution in [0.1, 0.15) is 20.3 Å². The summed E-state index contributed by atoms with van der Waals surface area (Å²) in [7, 11) is 0. The Balaban J connectivity index is 2.41. The molecule has 0 amide bonds. The normalized spacial score (nSPS) is 22.9. The van der Waals surface area contributed by atoms with Crippen LogP contribution in [-0.2, 0) is 9.53 Å². The first-order chi connectivity index (χ1) is 6.02. The average Bonchev–Trinajstić information content (AvgIpc) is 2.01. The molecule has 1 aliphatic rings. The summed E-state index contributed by atoms with van der Waals surface area (Å²) >= 11 is 0. The zero-order valence-corrected chi connectivity index (χ0v) is 8.25. The summed E-state index contributed by atoms with van der Waals surface area (Å²) in [5.74, 6) is -0.734. The van der Waals surface area contributed by atoms with Gasteiger partial charge in [0.05, 0.1) is 19.6 Å². The van der Waals surface area contributed by atoms with Crippen LogP contribution in [0.2, 0.25) is 0 Å². The molecule has 4 heteroatoms. The average molecular weight is 187 g/mol. The highest BCUT2D eigenvalue weighted by Crippen LogP contribution is 2.18. The Labute approximate surface area is 78.5 Å². The van der Waals surface area contributed by atoms with E-state index in [1.54, 1.807) is 0 Å². The summed E-state index contributed by atoms with van der Waals surface area (Å²) in [6, 6.07) is 0. The zero-order valence-electron chi connectivity index (χ0n) is 8.25. The Morgan fingerprint density at radius 1 is 1.62 bits per heavy atom. The Kier molecular flexibility index (Phi) is 3.27. The van der Waals surface area contributed by atoms with Crippen LogP contribution < -0.4 is 0 Å². The first-order valence-electron chi connectivity index (χ1n) is 4.57. The number of carbonyl (C=O) groups is 1. The molecule has 1 saturated heterocycles. The van der Waals surface area contributed by atoms with Crippen molar-refractivity contribution in [2.45, 2.75) is 25.8 Å². The van der Waals surface area contributed by atoms with Gasteiger partial charge >= 0.3 is 5.97 Å². The molecule has 1 heterocycles. The Hall–Kier alpha value is -0.610. The van der Waals surface area contributed by atoms with Crippen LogP contribution in [0, 0.1) is 0 Å². The molecule has 0 aromatic heterocycles. The Morgan fingerprint density at radius 3 is 2.85 bits per heavy atom. The van der Waals surface area contributed by atoms with Crippen molar-refractivity contribution in [3.63, 3.8) is 0 Å². The fourth-order valence-electron chi connectivity index (χ4n) is 1.54. The predicted molar refractivity (Wildman–Crippen MR) is 48.7 cm³/mol. The van der Waals surface area contributed by atoms with E-state index in [0.29, 0.717) is 19.8 Å². The molecule has 1 N–H and O–H groups in total. The third-order valence-corrected chi connectivity index (χ3v) is 2.41. The number of rotatable bonds is 3.